The van der Waals surface area contributed by atoms with Gasteiger partial charge in [0.25, 0.3) is 0 Å². The molecule has 1 nitrogen and oxygen atoms in total. The zero-order valence-corrected chi connectivity index (χ0v) is 15.5. The predicted octanol–water partition coefficient (Wildman–Crippen LogP) is 5.89. The quantitative estimate of drug-likeness (QED) is 0.538. The van der Waals surface area contributed by atoms with Crippen molar-refractivity contribution in [3.05, 3.63) is 70.8 Å². The average Bonchev–Trinajstić information content (AvgIpc) is 2.51. The first-order valence-corrected chi connectivity index (χ1v) is 9.29. The molecular weight excluding hydrogens is 392 g/mol. The van der Waals surface area contributed by atoms with Crippen molar-refractivity contribution in [3.8, 4) is 0 Å². The molecule has 0 aromatic heterocycles. The Hall–Kier alpha value is -0.640. The molecule has 0 radical (unpaired) electrons. The monoisotopic (exact) mass is 410 g/mol. The molecule has 2 aromatic rings. The number of rotatable bonds is 6. The number of aryl methyl sites for hydroxylation is 2. The van der Waals surface area contributed by atoms with E-state index >= 15 is 0 Å². The van der Waals surface area contributed by atoms with Gasteiger partial charge in [0.2, 0.25) is 0 Å². The summed E-state index contributed by atoms with van der Waals surface area (Å²) in [4.78, 5) is 0. The van der Waals surface area contributed by atoms with Crippen LogP contribution in [0.3, 0.4) is 0 Å². The van der Waals surface area contributed by atoms with Gasteiger partial charge >= 0.3 is 0 Å². The van der Waals surface area contributed by atoms with Gasteiger partial charge in [-0.05, 0) is 25.0 Å². The lowest BCUT2D eigenvalue weighted by Gasteiger charge is -2.23. The number of hydrogen-bond acceptors (Lipinski definition) is 1. The summed E-state index contributed by atoms with van der Waals surface area (Å²) >= 11 is 7.15. The fourth-order valence-electron chi connectivity index (χ4n) is 2.17. The minimum absolute atomic E-state index is 0.0504. The molecule has 0 fully saturated rings. The van der Waals surface area contributed by atoms with Gasteiger partial charge in [-0.15, -0.1) is 0 Å². The van der Waals surface area contributed by atoms with E-state index in [4.69, 9.17) is 4.74 Å². The minimum Gasteiger partial charge on any atom is -0.364 e. The van der Waals surface area contributed by atoms with Crippen molar-refractivity contribution in [2.75, 3.05) is 10.7 Å². The van der Waals surface area contributed by atoms with Gasteiger partial charge in [-0.25, -0.2) is 0 Å². The Morgan fingerprint density at radius 1 is 0.714 bits per heavy atom. The van der Waals surface area contributed by atoms with Gasteiger partial charge in [0.1, 0.15) is 0 Å². The van der Waals surface area contributed by atoms with Crippen LogP contribution in [0.1, 0.15) is 34.5 Å². The van der Waals surface area contributed by atoms with Crippen molar-refractivity contribution in [2.45, 2.75) is 26.1 Å². The molecule has 0 bridgehead atoms. The van der Waals surface area contributed by atoms with E-state index in [-0.39, 0.29) is 12.2 Å². The van der Waals surface area contributed by atoms with Gasteiger partial charge in [-0.2, -0.15) is 0 Å². The summed E-state index contributed by atoms with van der Waals surface area (Å²) in [5, 5.41) is 1.57. The molecule has 0 amide bonds. The van der Waals surface area contributed by atoms with E-state index in [1.807, 2.05) is 0 Å². The minimum atomic E-state index is 0.0504. The van der Waals surface area contributed by atoms with Crippen LogP contribution in [0.15, 0.2) is 48.5 Å². The molecule has 0 aliphatic rings. The number of ether oxygens (including phenoxy) is 1. The van der Waals surface area contributed by atoms with Crippen molar-refractivity contribution >= 4 is 31.9 Å². The molecule has 0 saturated carbocycles. The van der Waals surface area contributed by atoms with Gasteiger partial charge in [-0.3, -0.25) is 0 Å². The van der Waals surface area contributed by atoms with E-state index in [9.17, 15) is 0 Å². The van der Waals surface area contributed by atoms with Crippen LogP contribution < -0.4 is 0 Å². The number of hydrogen-bond donors (Lipinski definition) is 0. The highest BCUT2D eigenvalue weighted by atomic mass is 79.9. The SMILES string of the molecule is Cc1ccc(C(CBr)OC(CBr)c2ccc(C)cc2)cc1. The molecule has 0 spiro atoms. The molecule has 0 aliphatic carbocycles. The van der Waals surface area contributed by atoms with Crippen LogP contribution in [0.5, 0.6) is 0 Å². The van der Waals surface area contributed by atoms with Crippen LogP contribution in [0, 0.1) is 13.8 Å². The molecule has 2 aromatic carbocycles. The van der Waals surface area contributed by atoms with E-state index in [0.29, 0.717) is 0 Å². The molecule has 112 valence electrons. The lowest BCUT2D eigenvalue weighted by Crippen LogP contribution is -2.13. The van der Waals surface area contributed by atoms with Crippen molar-refractivity contribution in [3.63, 3.8) is 0 Å². The molecule has 2 rings (SSSR count). The fraction of sp³-hybridized carbons (Fsp3) is 0.333. The van der Waals surface area contributed by atoms with Crippen molar-refractivity contribution in [1.82, 2.24) is 0 Å². The van der Waals surface area contributed by atoms with Crippen molar-refractivity contribution < 1.29 is 4.74 Å². The summed E-state index contributed by atoms with van der Waals surface area (Å²) in [6.45, 7) is 4.20. The summed E-state index contributed by atoms with van der Waals surface area (Å²) in [6, 6.07) is 17.1. The average molecular weight is 412 g/mol. The maximum atomic E-state index is 6.31. The van der Waals surface area contributed by atoms with E-state index < -0.39 is 0 Å². The Morgan fingerprint density at radius 3 is 1.33 bits per heavy atom. The van der Waals surface area contributed by atoms with Crippen molar-refractivity contribution in [2.24, 2.45) is 0 Å². The highest BCUT2D eigenvalue weighted by molar-refractivity contribution is 9.09. The molecule has 0 aliphatic heterocycles. The van der Waals surface area contributed by atoms with Gasteiger partial charge in [0.15, 0.2) is 0 Å². The number of benzene rings is 2. The molecule has 0 N–H and O–H groups in total. The van der Waals surface area contributed by atoms with Crippen LogP contribution in [0.4, 0.5) is 0 Å². The fourth-order valence-corrected chi connectivity index (χ4v) is 3.22. The highest BCUT2D eigenvalue weighted by Crippen LogP contribution is 2.29. The molecule has 3 heteroatoms. The van der Waals surface area contributed by atoms with Crippen LogP contribution >= 0.6 is 31.9 Å². The van der Waals surface area contributed by atoms with E-state index in [2.05, 4.69) is 94.2 Å². The zero-order valence-electron chi connectivity index (χ0n) is 12.4. The first-order chi connectivity index (χ1) is 10.1. The second-order valence-corrected chi connectivity index (χ2v) is 6.54. The Bertz CT molecular complexity index is 497. The van der Waals surface area contributed by atoms with Crippen LogP contribution in [0.2, 0.25) is 0 Å². The number of halogens is 2. The Morgan fingerprint density at radius 2 is 1.05 bits per heavy atom. The largest absolute Gasteiger partial charge is 0.364 e. The Labute approximate surface area is 144 Å². The van der Waals surface area contributed by atoms with Gasteiger partial charge in [0, 0.05) is 10.7 Å². The maximum Gasteiger partial charge on any atom is 0.0930 e. The Balaban J connectivity index is 2.15. The lowest BCUT2D eigenvalue weighted by atomic mass is 10.1. The first-order valence-electron chi connectivity index (χ1n) is 7.04. The first kappa shape index (κ1) is 16.7. The third-order valence-electron chi connectivity index (χ3n) is 3.51. The zero-order chi connectivity index (χ0) is 15.2. The summed E-state index contributed by atoms with van der Waals surface area (Å²) in [6.07, 6.45) is 0.101. The molecular formula is C18H20Br2O. The summed E-state index contributed by atoms with van der Waals surface area (Å²) in [7, 11) is 0. The highest BCUT2D eigenvalue weighted by Gasteiger charge is 2.18. The van der Waals surface area contributed by atoms with Gasteiger partial charge < -0.3 is 4.74 Å². The van der Waals surface area contributed by atoms with E-state index in [1.165, 1.54) is 22.3 Å². The van der Waals surface area contributed by atoms with E-state index in [1.54, 1.807) is 0 Å². The molecule has 2 unspecified atom stereocenters. The summed E-state index contributed by atoms with van der Waals surface area (Å²) in [5.74, 6) is 0. The molecule has 0 heterocycles. The Kier molecular flexibility index (Phi) is 6.46. The van der Waals surface area contributed by atoms with Crippen LogP contribution in [-0.4, -0.2) is 10.7 Å². The summed E-state index contributed by atoms with van der Waals surface area (Å²) in [5.41, 5.74) is 4.94. The van der Waals surface area contributed by atoms with Crippen molar-refractivity contribution in [1.29, 1.82) is 0 Å². The third-order valence-corrected chi connectivity index (χ3v) is 4.68. The van der Waals surface area contributed by atoms with Crippen LogP contribution in [-0.2, 0) is 4.74 Å². The summed E-state index contributed by atoms with van der Waals surface area (Å²) < 4.78 is 6.31. The second-order valence-electron chi connectivity index (χ2n) is 5.24. The topological polar surface area (TPSA) is 9.23 Å². The van der Waals surface area contributed by atoms with E-state index in [0.717, 1.165) is 10.7 Å². The van der Waals surface area contributed by atoms with Gasteiger partial charge in [0.05, 0.1) is 12.2 Å². The molecule has 0 saturated heterocycles. The van der Waals surface area contributed by atoms with Gasteiger partial charge in [-0.1, -0.05) is 91.5 Å². The number of alkyl halides is 2. The normalized spacial score (nSPS) is 13.9. The lowest BCUT2D eigenvalue weighted by molar-refractivity contribution is 0.0128. The predicted molar refractivity (Wildman–Crippen MR) is 96.5 cm³/mol. The maximum absolute atomic E-state index is 6.31. The standard InChI is InChI=1S/C18H20Br2O/c1-13-3-7-15(8-4-13)17(11-19)21-18(12-20)16-9-5-14(2)6-10-16/h3-10,17-18H,11-12H2,1-2H3. The third kappa shape index (κ3) is 4.67. The second kappa shape index (κ2) is 8.11. The van der Waals surface area contributed by atoms with Crippen LogP contribution in [0.25, 0.3) is 0 Å². The molecule has 21 heavy (non-hydrogen) atoms. The smallest absolute Gasteiger partial charge is 0.0930 e. The molecule has 2 atom stereocenters.